The zero-order chi connectivity index (χ0) is 11.8. The Morgan fingerprint density at radius 3 is 2.88 bits per heavy atom. The third kappa shape index (κ3) is 3.87. The van der Waals surface area contributed by atoms with Gasteiger partial charge in [-0.2, -0.15) is 0 Å². The van der Waals surface area contributed by atoms with Gasteiger partial charge in [0.05, 0.1) is 12.2 Å². The number of aliphatic hydroxyl groups excluding tert-OH is 1. The SMILES string of the molecule is OCCC#Cc1ccc(F)cc1OCCF. The summed E-state index contributed by atoms with van der Waals surface area (Å²) in [5, 5.41) is 8.56. The van der Waals surface area contributed by atoms with Crippen molar-refractivity contribution in [3.63, 3.8) is 0 Å². The number of alkyl halides is 1. The molecule has 0 saturated heterocycles. The Balaban J connectivity index is 2.85. The molecule has 16 heavy (non-hydrogen) atoms. The normalized spacial score (nSPS) is 9.44. The molecule has 1 aromatic rings. The van der Waals surface area contributed by atoms with Crippen LogP contribution in [0, 0.1) is 17.7 Å². The van der Waals surface area contributed by atoms with Crippen LogP contribution >= 0.6 is 0 Å². The van der Waals surface area contributed by atoms with Gasteiger partial charge in [-0.15, -0.1) is 0 Å². The fourth-order valence-electron chi connectivity index (χ4n) is 1.08. The van der Waals surface area contributed by atoms with Crippen LogP contribution < -0.4 is 4.74 Å². The van der Waals surface area contributed by atoms with Crippen LogP contribution in [0.25, 0.3) is 0 Å². The summed E-state index contributed by atoms with van der Waals surface area (Å²) in [6.07, 6.45) is 0.333. The molecule has 0 aromatic heterocycles. The highest BCUT2D eigenvalue weighted by atomic mass is 19.1. The second kappa shape index (κ2) is 6.81. The molecule has 1 aromatic carbocycles. The van der Waals surface area contributed by atoms with Crippen molar-refractivity contribution in [2.75, 3.05) is 19.9 Å². The topological polar surface area (TPSA) is 29.5 Å². The quantitative estimate of drug-likeness (QED) is 0.795. The summed E-state index contributed by atoms with van der Waals surface area (Å²) >= 11 is 0. The third-order valence-corrected chi connectivity index (χ3v) is 1.74. The van der Waals surface area contributed by atoms with Gasteiger partial charge >= 0.3 is 0 Å². The molecule has 0 fully saturated rings. The second-order valence-electron chi connectivity index (χ2n) is 2.95. The first-order valence-electron chi connectivity index (χ1n) is 4.86. The van der Waals surface area contributed by atoms with E-state index in [-0.39, 0.29) is 19.0 Å². The van der Waals surface area contributed by atoms with Crippen LogP contribution in [0.1, 0.15) is 12.0 Å². The van der Waals surface area contributed by atoms with Crippen LogP contribution in [-0.4, -0.2) is 25.0 Å². The van der Waals surface area contributed by atoms with E-state index in [0.29, 0.717) is 12.0 Å². The third-order valence-electron chi connectivity index (χ3n) is 1.74. The molecule has 0 aliphatic carbocycles. The lowest BCUT2D eigenvalue weighted by molar-refractivity contribution is 0.271. The van der Waals surface area contributed by atoms with E-state index in [1.807, 2.05) is 0 Å². The zero-order valence-corrected chi connectivity index (χ0v) is 8.67. The summed E-state index contributed by atoms with van der Waals surface area (Å²) in [4.78, 5) is 0. The lowest BCUT2D eigenvalue weighted by Crippen LogP contribution is -2.00. The lowest BCUT2D eigenvalue weighted by atomic mass is 10.2. The number of benzene rings is 1. The van der Waals surface area contributed by atoms with E-state index in [4.69, 9.17) is 9.84 Å². The van der Waals surface area contributed by atoms with Crippen LogP contribution in [0.4, 0.5) is 8.78 Å². The average molecular weight is 226 g/mol. The van der Waals surface area contributed by atoms with E-state index in [2.05, 4.69) is 11.8 Å². The number of halogens is 2. The van der Waals surface area contributed by atoms with Crippen molar-refractivity contribution in [2.45, 2.75) is 6.42 Å². The monoisotopic (exact) mass is 226 g/mol. The first kappa shape index (κ1) is 12.5. The standard InChI is InChI=1S/C12H12F2O2/c13-6-8-16-12-9-11(14)5-4-10(12)3-1-2-7-15/h4-5,9,15H,2,6-8H2. The Morgan fingerprint density at radius 1 is 1.38 bits per heavy atom. The summed E-state index contributed by atoms with van der Waals surface area (Å²) in [5.41, 5.74) is 0.489. The highest BCUT2D eigenvalue weighted by Crippen LogP contribution is 2.18. The fraction of sp³-hybridized carbons (Fsp3) is 0.333. The van der Waals surface area contributed by atoms with Crippen LogP contribution in [0.3, 0.4) is 0 Å². The fourth-order valence-corrected chi connectivity index (χ4v) is 1.08. The van der Waals surface area contributed by atoms with Gasteiger partial charge in [-0.05, 0) is 12.1 Å². The molecule has 1 N–H and O–H groups in total. The zero-order valence-electron chi connectivity index (χ0n) is 8.67. The summed E-state index contributed by atoms with van der Waals surface area (Å²) in [6.45, 7) is -0.799. The number of ether oxygens (including phenoxy) is 1. The Bertz CT molecular complexity index is 394. The first-order valence-corrected chi connectivity index (χ1v) is 4.86. The van der Waals surface area contributed by atoms with E-state index in [1.54, 1.807) is 0 Å². The number of hydrogen-bond acceptors (Lipinski definition) is 2. The second-order valence-corrected chi connectivity index (χ2v) is 2.95. The van der Waals surface area contributed by atoms with Gasteiger partial charge in [-0.1, -0.05) is 11.8 Å². The van der Waals surface area contributed by atoms with Crippen molar-refractivity contribution in [1.29, 1.82) is 0 Å². The molecule has 0 aliphatic heterocycles. The van der Waals surface area contributed by atoms with Crippen molar-refractivity contribution in [3.05, 3.63) is 29.6 Å². The van der Waals surface area contributed by atoms with E-state index in [1.165, 1.54) is 18.2 Å². The Morgan fingerprint density at radius 2 is 2.19 bits per heavy atom. The van der Waals surface area contributed by atoms with Crippen molar-refractivity contribution >= 4 is 0 Å². The van der Waals surface area contributed by atoms with Gasteiger partial charge in [-0.25, -0.2) is 8.78 Å². The maximum atomic E-state index is 12.9. The number of rotatable bonds is 4. The van der Waals surface area contributed by atoms with Gasteiger partial charge in [0.15, 0.2) is 0 Å². The maximum Gasteiger partial charge on any atom is 0.137 e. The molecule has 1 rings (SSSR count). The molecule has 0 aliphatic rings. The minimum atomic E-state index is -0.639. The van der Waals surface area contributed by atoms with Gasteiger partial charge in [0.1, 0.15) is 24.8 Å². The minimum absolute atomic E-state index is 0.0329. The van der Waals surface area contributed by atoms with Crippen molar-refractivity contribution in [1.82, 2.24) is 0 Å². The average Bonchev–Trinajstić information content (AvgIpc) is 2.29. The molecule has 2 nitrogen and oxygen atoms in total. The predicted molar refractivity (Wildman–Crippen MR) is 56.5 cm³/mol. The molecule has 0 spiro atoms. The minimum Gasteiger partial charge on any atom is -0.489 e. The van der Waals surface area contributed by atoms with E-state index in [0.717, 1.165) is 0 Å². The van der Waals surface area contributed by atoms with Crippen molar-refractivity contribution in [3.8, 4) is 17.6 Å². The molecular weight excluding hydrogens is 214 g/mol. The number of aliphatic hydroxyl groups is 1. The van der Waals surface area contributed by atoms with Crippen LogP contribution in [0.15, 0.2) is 18.2 Å². The molecule has 0 heterocycles. The van der Waals surface area contributed by atoms with E-state index >= 15 is 0 Å². The van der Waals surface area contributed by atoms with Crippen LogP contribution in [0.5, 0.6) is 5.75 Å². The maximum absolute atomic E-state index is 12.9. The Kier molecular flexibility index (Phi) is 5.30. The smallest absolute Gasteiger partial charge is 0.137 e. The van der Waals surface area contributed by atoms with Gasteiger partial charge < -0.3 is 9.84 Å². The largest absolute Gasteiger partial charge is 0.489 e. The van der Waals surface area contributed by atoms with Crippen molar-refractivity contribution < 1.29 is 18.6 Å². The van der Waals surface area contributed by atoms with Gasteiger partial charge in [0.25, 0.3) is 0 Å². The van der Waals surface area contributed by atoms with E-state index < -0.39 is 12.5 Å². The highest BCUT2D eigenvalue weighted by Gasteiger charge is 2.03. The van der Waals surface area contributed by atoms with Crippen molar-refractivity contribution in [2.24, 2.45) is 0 Å². The summed E-state index contributed by atoms with van der Waals surface area (Å²) < 4.78 is 29.8. The molecule has 0 saturated carbocycles. The summed E-state index contributed by atoms with van der Waals surface area (Å²) in [5.74, 6) is 5.19. The van der Waals surface area contributed by atoms with Gasteiger partial charge in [-0.3, -0.25) is 0 Å². The van der Waals surface area contributed by atoms with Crippen LogP contribution in [-0.2, 0) is 0 Å². The number of hydrogen-bond donors (Lipinski definition) is 1. The molecule has 0 bridgehead atoms. The first-order chi connectivity index (χ1) is 7.77. The molecule has 0 amide bonds. The molecule has 0 atom stereocenters. The Hall–Kier alpha value is -1.60. The molecule has 0 unspecified atom stereocenters. The van der Waals surface area contributed by atoms with Gasteiger partial charge in [0.2, 0.25) is 0 Å². The molecule has 0 radical (unpaired) electrons. The summed E-state index contributed by atoms with van der Waals surface area (Å²) in [6, 6.07) is 3.89. The molecule has 86 valence electrons. The van der Waals surface area contributed by atoms with E-state index in [9.17, 15) is 8.78 Å². The van der Waals surface area contributed by atoms with Gasteiger partial charge in [0, 0.05) is 12.5 Å². The molecule has 4 heteroatoms. The highest BCUT2D eigenvalue weighted by molar-refractivity contribution is 5.46. The van der Waals surface area contributed by atoms with Crippen LogP contribution in [0.2, 0.25) is 0 Å². The lowest BCUT2D eigenvalue weighted by Gasteiger charge is -2.05. The molecular formula is C12H12F2O2. The predicted octanol–water partition coefficient (Wildman–Crippen LogP) is 1.91. The Labute approximate surface area is 92.9 Å². The summed E-state index contributed by atoms with van der Waals surface area (Å²) in [7, 11) is 0.